The Morgan fingerprint density at radius 3 is 2.35 bits per heavy atom. The Hall–Kier alpha value is -4.37. The number of hydrogen-bond acceptors (Lipinski definition) is 6. The SMILES string of the molecule is O=C(c1ccc(Cl)cc1)N1N=C2/C(=C/c3cccc([N+](=O)[O-])c3)CCC[C@H]2[C@H]1c1cccc([N+](=O)[O-])c1. The van der Waals surface area contributed by atoms with Crippen LogP contribution in [0.3, 0.4) is 0 Å². The van der Waals surface area contributed by atoms with Gasteiger partial charge in [0, 0.05) is 40.8 Å². The van der Waals surface area contributed by atoms with Gasteiger partial charge in [0.25, 0.3) is 17.3 Å². The van der Waals surface area contributed by atoms with Crippen LogP contribution in [-0.2, 0) is 0 Å². The Bertz CT molecular complexity index is 1470. The summed E-state index contributed by atoms with van der Waals surface area (Å²) in [4.78, 5) is 35.5. The first kappa shape index (κ1) is 24.3. The molecule has 0 bridgehead atoms. The van der Waals surface area contributed by atoms with Crippen LogP contribution in [0.15, 0.2) is 83.5 Å². The van der Waals surface area contributed by atoms with Gasteiger partial charge in [-0.25, -0.2) is 5.01 Å². The Labute approximate surface area is 217 Å². The third-order valence-electron chi connectivity index (χ3n) is 6.65. The number of rotatable bonds is 5. The molecule has 5 rings (SSSR count). The molecule has 186 valence electrons. The molecule has 3 aromatic carbocycles. The highest BCUT2D eigenvalue weighted by Crippen LogP contribution is 2.45. The van der Waals surface area contributed by atoms with Crippen molar-refractivity contribution in [1.82, 2.24) is 5.01 Å². The van der Waals surface area contributed by atoms with E-state index in [-0.39, 0.29) is 23.2 Å². The summed E-state index contributed by atoms with van der Waals surface area (Å²) in [7, 11) is 0. The number of allylic oxidation sites excluding steroid dienone is 1. The van der Waals surface area contributed by atoms with E-state index in [0.29, 0.717) is 28.1 Å². The molecule has 1 heterocycles. The maximum atomic E-state index is 13.6. The van der Waals surface area contributed by atoms with Crippen molar-refractivity contribution < 1.29 is 14.6 Å². The van der Waals surface area contributed by atoms with E-state index in [1.54, 1.807) is 48.5 Å². The van der Waals surface area contributed by atoms with E-state index in [0.717, 1.165) is 24.1 Å². The zero-order valence-electron chi connectivity index (χ0n) is 19.5. The smallest absolute Gasteiger partial charge is 0.267 e. The van der Waals surface area contributed by atoms with Crippen LogP contribution >= 0.6 is 11.6 Å². The number of halogens is 1. The van der Waals surface area contributed by atoms with E-state index in [9.17, 15) is 25.0 Å². The molecule has 0 N–H and O–H groups in total. The maximum Gasteiger partial charge on any atom is 0.274 e. The second-order valence-electron chi connectivity index (χ2n) is 8.96. The lowest BCUT2D eigenvalue weighted by atomic mass is 9.77. The van der Waals surface area contributed by atoms with Gasteiger partial charge in [0.15, 0.2) is 0 Å². The lowest BCUT2D eigenvalue weighted by Gasteiger charge is -2.29. The number of hydrogen-bond donors (Lipinski definition) is 0. The van der Waals surface area contributed by atoms with Crippen LogP contribution in [0.5, 0.6) is 0 Å². The summed E-state index contributed by atoms with van der Waals surface area (Å²) in [6, 6.07) is 18.6. The first-order chi connectivity index (χ1) is 17.8. The molecule has 1 fully saturated rings. The predicted molar refractivity (Wildman–Crippen MR) is 139 cm³/mol. The second-order valence-corrected chi connectivity index (χ2v) is 9.40. The summed E-state index contributed by atoms with van der Waals surface area (Å²) in [5, 5.41) is 29.4. The fourth-order valence-electron chi connectivity index (χ4n) is 4.98. The van der Waals surface area contributed by atoms with Crippen molar-refractivity contribution in [2.24, 2.45) is 11.0 Å². The van der Waals surface area contributed by atoms with E-state index in [4.69, 9.17) is 16.7 Å². The van der Waals surface area contributed by atoms with E-state index in [2.05, 4.69) is 0 Å². The summed E-state index contributed by atoms with van der Waals surface area (Å²) in [6.45, 7) is 0. The number of benzene rings is 3. The monoisotopic (exact) mass is 516 g/mol. The van der Waals surface area contributed by atoms with Gasteiger partial charge in [0.1, 0.15) is 0 Å². The molecule has 0 saturated heterocycles. The van der Waals surface area contributed by atoms with Gasteiger partial charge in [0.2, 0.25) is 0 Å². The van der Waals surface area contributed by atoms with Crippen molar-refractivity contribution in [3.05, 3.63) is 120 Å². The van der Waals surface area contributed by atoms with Crippen LogP contribution in [-0.4, -0.2) is 26.5 Å². The van der Waals surface area contributed by atoms with Gasteiger partial charge in [-0.3, -0.25) is 25.0 Å². The Morgan fingerprint density at radius 2 is 1.65 bits per heavy atom. The minimum absolute atomic E-state index is 0.0101. The molecule has 0 spiro atoms. The molecular formula is C27H21ClN4O5. The van der Waals surface area contributed by atoms with Crippen LogP contribution in [0.25, 0.3) is 6.08 Å². The Morgan fingerprint density at radius 1 is 0.973 bits per heavy atom. The molecule has 1 amide bonds. The number of hydrazone groups is 1. The maximum absolute atomic E-state index is 13.6. The van der Waals surface area contributed by atoms with Crippen molar-refractivity contribution >= 4 is 40.7 Å². The highest BCUT2D eigenvalue weighted by atomic mass is 35.5. The van der Waals surface area contributed by atoms with Crippen LogP contribution in [0.1, 0.15) is 46.8 Å². The van der Waals surface area contributed by atoms with Gasteiger partial charge in [-0.1, -0.05) is 35.9 Å². The quantitative estimate of drug-likeness (QED) is 0.280. The standard InChI is InChI=1S/C27H21ClN4O5/c28-21-12-10-18(11-13-21)27(33)30-26(20-6-2-8-23(16-20)32(36)37)24-9-3-5-19(25(24)29-30)14-17-4-1-7-22(15-17)31(34)35/h1-2,4,6-8,10-16,24,26H,3,5,9H2/b19-14+/t24-,26-/m1/s1. The summed E-state index contributed by atoms with van der Waals surface area (Å²) in [5.41, 5.74) is 3.22. The van der Waals surface area contributed by atoms with Gasteiger partial charge < -0.3 is 0 Å². The second kappa shape index (κ2) is 9.94. The van der Waals surface area contributed by atoms with Gasteiger partial charge in [-0.2, -0.15) is 5.10 Å². The van der Waals surface area contributed by atoms with Gasteiger partial charge in [-0.05, 0) is 66.3 Å². The first-order valence-electron chi connectivity index (χ1n) is 11.7. The average Bonchev–Trinajstić information content (AvgIpc) is 3.29. The zero-order chi connectivity index (χ0) is 26.1. The predicted octanol–water partition coefficient (Wildman–Crippen LogP) is 6.59. The summed E-state index contributed by atoms with van der Waals surface area (Å²) >= 11 is 6.01. The third kappa shape index (κ3) is 4.85. The van der Waals surface area contributed by atoms with Crippen molar-refractivity contribution in [2.75, 3.05) is 0 Å². The normalized spacial score (nSPS) is 19.9. The fraction of sp³-hybridized carbons (Fsp3) is 0.185. The van der Waals surface area contributed by atoms with E-state index < -0.39 is 15.9 Å². The van der Waals surface area contributed by atoms with Gasteiger partial charge in [0.05, 0.1) is 21.6 Å². The Balaban J connectivity index is 1.59. The number of fused-ring (bicyclic) bond motifs is 1. The number of nitro benzene ring substituents is 2. The van der Waals surface area contributed by atoms with Crippen molar-refractivity contribution in [1.29, 1.82) is 0 Å². The van der Waals surface area contributed by atoms with Gasteiger partial charge in [-0.15, -0.1) is 0 Å². The molecule has 1 aliphatic carbocycles. The third-order valence-corrected chi connectivity index (χ3v) is 6.90. The lowest BCUT2D eigenvalue weighted by Crippen LogP contribution is -2.32. The molecule has 37 heavy (non-hydrogen) atoms. The molecule has 1 saturated carbocycles. The number of carbonyl (C=O) groups is 1. The van der Waals surface area contributed by atoms with E-state index in [1.807, 2.05) is 6.08 Å². The lowest BCUT2D eigenvalue weighted by molar-refractivity contribution is -0.385. The number of carbonyl (C=O) groups excluding carboxylic acids is 1. The molecule has 1 aliphatic heterocycles. The molecular weight excluding hydrogens is 496 g/mol. The summed E-state index contributed by atoms with van der Waals surface area (Å²) in [6.07, 6.45) is 4.13. The van der Waals surface area contributed by atoms with Crippen LogP contribution in [0.4, 0.5) is 11.4 Å². The molecule has 3 aromatic rings. The number of nitro groups is 2. The van der Waals surface area contributed by atoms with Crippen LogP contribution in [0, 0.1) is 26.1 Å². The van der Waals surface area contributed by atoms with Crippen LogP contribution in [0.2, 0.25) is 5.02 Å². The average molecular weight is 517 g/mol. The fourth-order valence-corrected chi connectivity index (χ4v) is 5.10. The highest BCUT2D eigenvalue weighted by molar-refractivity contribution is 6.30. The highest BCUT2D eigenvalue weighted by Gasteiger charge is 2.44. The van der Waals surface area contributed by atoms with E-state index >= 15 is 0 Å². The van der Waals surface area contributed by atoms with E-state index in [1.165, 1.54) is 29.3 Å². The first-order valence-corrected chi connectivity index (χ1v) is 12.1. The number of nitrogens with zero attached hydrogens (tertiary/aromatic N) is 4. The summed E-state index contributed by atoms with van der Waals surface area (Å²) in [5.74, 6) is -0.526. The van der Waals surface area contributed by atoms with Crippen molar-refractivity contribution in [3.63, 3.8) is 0 Å². The number of amides is 1. The zero-order valence-corrected chi connectivity index (χ0v) is 20.2. The van der Waals surface area contributed by atoms with Gasteiger partial charge >= 0.3 is 0 Å². The topological polar surface area (TPSA) is 119 Å². The van der Waals surface area contributed by atoms with Crippen LogP contribution < -0.4 is 0 Å². The Kier molecular flexibility index (Phi) is 6.54. The molecule has 2 aliphatic rings. The molecule has 0 unspecified atom stereocenters. The molecule has 0 radical (unpaired) electrons. The molecule has 0 aromatic heterocycles. The summed E-state index contributed by atoms with van der Waals surface area (Å²) < 4.78 is 0. The van der Waals surface area contributed by atoms with Crippen molar-refractivity contribution in [2.45, 2.75) is 25.3 Å². The largest absolute Gasteiger partial charge is 0.274 e. The molecule has 2 atom stereocenters. The molecule has 9 nitrogen and oxygen atoms in total. The minimum atomic E-state index is -0.535. The molecule has 10 heteroatoms. The minimum Gasteiger partial charge on any atom is -0.267 e. The number of non-ortho nitro benzene ring substituents is 2. The van der Waals surface area contributed by atoms with Crippen molar-refractivity contribution in [3.8, 4) is 0 Å².